The second kappa shape index (κ2) is 4.87. The Bertz CT molecular complexity index is 404. The van der Waals surface area contributed by atoms with Crippen LogP contribution in [-0.2, 0) is 28.4 Å². The van der Waals surface area contributed by atoms with Crippen molar-refractivity contribution >= 4 is 5.97 Å². The van der Waals surface area contributed by atoms with Gasteiger partial charge in [-0.1, -0.05) is 20.8 Å². The maximum absolute atomic E-state index is 11.1. The predicted octanol–water partition coefficient (Wildman–Crippen LogP) is 0.794. The van der Waals surface area contributed by atoms with E-state index in [-0.39, 0.29) is 11.8 Å². The number of ether oxygens (including phenoxy) is 1. The molecule has 17 heavy (non-hydrogen) atoms. The number of aliphatic hydroxyl groups is 1. The Hall–Kier alpha value is -1.36. The lowest BCUT2D eigenvalue weighted by molar-refractivity contribution is -0.150. The summed E-state index contributed by atoms with van der Waals surface area (Å²) in [7, 11) is 3.06. The SMILES string of the molecule is COC(=O)C(O)Cc1cc(C(C)(C)C)nn1C. The summed E-state index contributed by atoms with van der Waals surface area (Å²) in [6.07, 6.45) is -0.921. The number of nitrogens with zero attached hydrogens (tertiary/aromatic N) is 2. The largest absolute Gasteiger partial charge is 0.467 e. The highest BCUT2D eigenvalue weighted by Crippen LogP contribution is 2.21. The fourth-order valence-electron chi connectivity index (χ4n) is 1.48. The molecular weight excluding hydrogens is 220 g/mol. The molecule has 5 nitrogen and oxygen atoms in total. The van der Waals surface area contributed by atoms with Crippen LogP contribution in [-0.4, -0.2) is 34.1 Å². The summed E-state index contributed by atoms with van der Waals surface area (Å²) in [5.74, 6) is -0.622. The van der Waals surface area contributed by atoms with Gasteiger partial charge in [-0.25, -0.2) is 4.79 Å². The van der Waals surface area contributed by atoms with Gasteiger partial charge in [0.25, 0.3) is 0 Å². The molecule has 1 N–H and O–H groups in total. The lowest BCUT2D eigenvalue weighted by Gasteiger charge is -2.13. The van der Waals surface area contributed by atoms with Crippen molar-refractivity contribution in [2.24, 2.45) is 7.05 Å². The van der Waals surface area contributed by atoms with Crippen LogP contribution < -0.4 is 0 Å². The van der Waals surface area contributed by atoms with E-state index in [1.165, 1.54) is 7.11 Å². The summed E-state index contributed by atoms with van der Waals surface area (Å²) in [5.41, 5.74) is 1.70. The van der Waals surface area contributed by atoms with Crippen LogP contribution in [0.15, 0.2) is 6.07 Å². The van der Waals surface area contributed by atoms with Crippen LogP contribution in [0.4, 0.5) is 0 Å². The topological polar surface area (TPSA) is 64.3 Å². The van der Waals surface area contributed by atoms with Crippen molar-refractivity contribution in [2.75, 3.05) is 7.11 Å². The quantitative estimate of drug-likeness (QED) is 0.793. The third-order valence-corrected chi connectivity index (χ3v) is 2.62. The monoisotopic (exact) mass is 240 g/mol. The molecule has 1 rings (SSSR count). The van der Waals surface area contributed by atoms with Crippen molar-refractivity contribution < 1.29 is 14.6 Å². The normalized spacial score (nSPS) is 13.5. The minimum absolute atomic E-state index is 0.0494. The van der Waals surface area contributed by atoms with Gasteiger partial charge >= 0.3 is 5.97 Å². The number of aliphatic hydroxyl groups excluding tert-OH is 1. The molecule has 0 bridgehead atoms. The fraction of sp³-hybridized carbons (Fsp3) is 0.667. The van der Waals surface area contributed by atoms with Gasteiger partial charge in [0.15, 0.2) is 6.10 Å². The molecule has 0 fully saturated rings. The van der Waals surface area contributed by atoms with Crippen LogP contribution in [0.1, 0.15) is 32.2 Å². The fourth-order valence-corrected chi connectivity index (χ4v) is 1.48. The molecule has 0 saturated heterocycles. The number of aromatic nitrogens is 2. The molecule has 0 spiro atoms. The average molecular weight is 240 g/mol. The number of hydrogen-bond acceptors (Lipinski definition) is 4. The second-order valence-electron chi connectivity index (χ2n) is 5.14. The molecule has 1 unspecified atom stereocenters. The molecule has 1 aromatic heterocycles. The average Bonchev–Trinajstić information content (AvgIpc) is 2.58. The van der Waals surface area contributed by atoms with Gasteiger partial charge in [0, 0.05) is 24.6 Å². The van der Waals surface area contributed by atoms with E-state index in [4.69, 9.17) is 0 Å². The van der Waals surface area contributed by atoms with Gasteiger partial charge < -0.3 is 9.84 Å². The molecule has 0 radical (unpaired) electrons. The lowest BCUT2D eigenvalue weighted by atomic mass is 9.92. The molecule has 0 aromatic carbocycles. The highest BCUT2D eigenvalue weighted by molar-refractivity contribution is 5.74. The van der Waals surface area contributed by atoms with Gasteiger partial charge in [0.1, 0.15) is 0 Å². The Morgan fingerprint density at radius 2 is 2.18 bits per heavy atom. The first-order chi connectivity index (χ1) is 7.75. The molecule has 0 amide bonds. The maximum Gasteiger partial charge on any atom is 0.335 e. The highest BCUT2D eigenvalue weighted by Gasteiger charge is 2.22. The minimum atomic E-state index is -1.14. The summed E-state index contributed by atoms with van der Waals surface area (Å²) in [5, 5.41) is 14.0. The van der Waals surface area contributed by atoms with E-state index in [0.29, 0.717) is 0 Å². The third kappa shape index (κ3) is 3.30. The number of hydrogen-bond donors (Lipinski definition) is 1. The zero-order valence-corrected chi connectivity index (χ0v) is 11.0. The maximum atomic E-state index is 11.1. The summed E-state index contributed by atoms with van der Waals surface area (Å²) < 4.78 is 6.17. The smallest absolute Gasteiger partial charge is 0.335 e. The van der Waals surface area contributed by atoms with E-state index in [1.807, 2.05) is 6.07 Å². The first-order valence-corrected chi connectivity index (χ1v) is 5.55. The van der Waals surface area contributed by atoms with Gasteiger partial charge in [-0.3, -0.25) is 4.68 Å². The van der Waals surface area contributed by atoms with Gasteiger partial charge in [0.05, 0.1) is 12.8 Å². The molecule has 1 atom stereocenters. The number of esters is 1. The Labute approximate surface area is 101 Å². The van der Waals surface area contributed by atoms with Gasteiger partial charge in [-0.05, 0) is 6.07 Å². The van der Waals surface area contributed by atoms with Crippen molar-refractivity contribution in [2.45, 2.75) is 38.7 Å². The molecule has 1 heterocycles. The molecule has 5 heteroatoms. The molecule has 96 valence electrons. The Morgan fingerprint density at radius 3 is 2.59 bits per heavy atom. The van der Waals surface area contributed by atoms with E-state index in [1.54, 1.807) is 11.7 Å². The van der Waals surface area contributed by atoms with Crippen LogP contribution in [0, 0.1) is 0 Å². The third-order valence-electron chi connectivity index (χ3n) is 2.62. The Balaban J connectivity index is 2.86. The van der Waals surface area contributed by atoms with Crippen molar-refractivity contribution in [1.29, 1.82) is 0 Å². The van der Waals surface area contributed by atoms with E-state index in [0.717, 1.165) is 11.4 Å². The number of aryl methyl sites for hydroxylation is 1. The lowest BCUT2D eigenvalue weighted by Crippen LogP contribution is -2.25. The number of carbonyl (C=O) groups excluding carboxylic acids is 1. The number of rotatable bonds is 3. The standard InChI is InChI=1S/C12H20N2O3/c1-12(2,3)10-7-8(14(4)13-10)6-9(15)11(16)17-5/h7,9,15H,6H2,1-5H3. The second-order valence-corrected chi connectivity index (χ2v) is 5.14. The van der Waals surface area contributed by atoms with Crippen LogP contribution in [0.5, 0.6) is 0 Å². The molecule has 0 saturated carbocycles. The van der Waals surface area contributed by atoms with Gasteiger partial charge in [-0.15, -0.1) is 0 Å². The predicted molar refractivity (Wildman–Crippen MR) is 63.6 cm³/mol. The first-order valence-electron chi connectivity index (χ1n) is 5.55. The Morgan fingerprint density at radius 1 is 1.59 bits per heavy atom. The molecule has 1 aromatic rings. The zero-order chi connectivity index (χ0) is 13.2. The number of carbonyl (C=O) groups is 1. The summed E-state index contributed by atoms with van der Waals surface area (Å²) in [4.78, 5) is 11.1. The zero-order valence-electron chi connectivity index (χ0n) is 11.0. The van der Waals surface area contributed by atoms with Crippen LogP contribution in [0.3, 0.4) is 0 Å². The summed E-state index contributed by atoms with van der Waals surface area (Å²) in [6.45, 7) is 6.20. The van der Waals surface area contributed by atoms with Gasteiger partial charge in [-0.2, -0.15) is 5.10 Å². The van der Waals surface area contributed by atoms with E-state index in [9.17, 15) is 9.90 Å². The Kier molecular flexibility index (Phi) is 3.93. The summed E-state index contributed by atoms with van der Waals surface area (Å²) >= 11 is 0. The first kappa shape index (κ1) is 13.7. The summed E-state index contributed by atoms with van der Waals surface area (Å²) in [6, 6.07) is 1.91. The van der Waals surface area contributed by atoms with E-state index >= 15 is 0 Å². The molecule has 0 aliphatic rings. The number of methoxy groups -OCH3 is 1. The van der Waals surface area contributed by atoms with Crippen molar-refractivity contribution in [3.8, 4) is 0 Å². The minimum Gasteiger partial charge on any atom is -0.467 e. The highest BCUT2D eigenvalue weighted by atomic mass is 16.5. The van der Waals surface area contributed by atoms with E-state index in [2.05, 4.69) is 30.6 Å². The van der Waals surface area contributed by atoms with Crippen molar-refractivity contribution in [3.05, 3.63) is 17.5 Å². The molecular formula is C12H20N2O3. The van der Waals surface area contributed by atoms with Crippen LogP contribution >= 0.6 is 0 Å². The molecule has 0 aliphatic heterocycles. The van der Waals surface area contributed by atoms with Crippen LogP contribution in [0.25, 0.3) is 0 Å². The van der Waals surface area contributed by atoms with Crippen molar-refractivity contribution in [1.82, 2.24) is 9.78 Å². The van der Waals surface area contributed by atoms with Crippen LogP contribution in [0.2, 0.25) is 0 Å². The van der Waals surface area contributed by atoms with Gasteiger partial charge in [0.2, 0.25) is 0 Å². The van der Waals surface area contributed by atoms with Crippen molar-refractivity contribution in [3.63, 3.8) is 0 Å². The molecule has 0 aliphatic carbocycles. The van der Waals surface area contributed by atoms with E-state index < -0.39 is 12.1 Å².